The highest BCUT2D eigenvalue weighted by molar-refractivity contribution is 5.92. The Bertz CT molecular complexity index is 572. The first-order valence-corrected chi connectivity index (χ1v) is 4.98. The second-order valence-electron chi connectivity index (χ2n) is 3.60. The maximum Gasteiger partial charge on any atom is 0.435 e. The van der Waals surface area contributed by atoms with Gasteiger partial charge >= 0.3 is 6.18 Å². The van der Waals surface area contributed by atoms with E-state index in [1.807, 2.05) is 0 Å². The molecule has 0 atom stereocenters. The second-order valence-corrected chi connectivity index (χ2v) is 3.60. The zero-order chi connectivity index (χ0) is 13.3. The van der Waals surface area contributed by atoms with Crippen molar-refractivity contribution in [1.29, 1.82) is 0 Å². The van der Waals surface area contributed by atoms with Gasteiger partial charge in [-0.25, -0.2) is 4.68 Å². The van der Waals surface area contributed by atoms with Gasteiger partial charge in [0.05, 0.1) is 11.9 Å². The number of carbonyl (C=O) groups is 1. The summed E-state index contributed by atoms with van der Waals surface area (Å²) in [6, 6.07) is 3.79. The van der Waals surface area contributed by atoms with E-state index in [0.717, 1.165) is 10.7 Å². The summed E-state index contributed by atoms with van der Waals surface area (Å²) in [5.74, 6) is -0.210. The van der Waals surface area contributed by atoms with Crippen molar-refractivity contribution in [3.8, 4) is 5.69 Å². The molecule has 2 aromatic rings. The molecule has 0 aliphatic rings. The lowest BCUT2D eigenvalue weighted by atomic mass is 10.2. The van der Waals surface area contributed by atoms with Crippen LogP contribution in [0.25, 0.3) is 5.69 Å². The molecular formula is C11H8F3N3O. The third-order valence-corrected chi connectivity index (χ3v) is 2.25. The largest absolute Gasteiger partial charge is 0.435 e. The molecule has 0 spiro atoms. The molecule has 0 amide bonds. The van der Waals surface area contributed by atoms with Crippen LogP contribution < -0.4 is 0 Å². The van der Waals surface area contributed by atoms with Crippen molar-refractivity contribution in [1.82, 2.24) is 14.8 Å². The molecule has 0 N–H and O–H groups in total. The molecule has 0 saturated heterocycles. The lowest BCUT2D eigenvalue weighted by Gasteiger charge is -2.03. The van der Waals surface area contributed by atoms with Gasteiger partial charge in [0, 0.05) is 13.1 Å². The molecule has 7 heteroatoms. The van der Waals surface area contributed by atoms with Crippen molar-refractivity contribution < 1.29 is 18.0 Å². The first-order chi connectivity index (χ1) is 8.38. The van der Waals surface area contributed by atoms with Crippen LogP contribution in [0.3, 0.4) is 0 Å². The van der Waals surface area contributed by atoms with Gasteiger partial charge < -0.3 is 0 Å². The fourth-order valence-electron chi connectivity index (χ4n) is 1.35. The summed E-state index contributed by atoms with van der Waals surface area (Å²) in [4.78, 5) is 14.8. The van der Waals surface area contributed by atoms with E-state index in [9.17, 15) is 18.0 Å². The third-order valence-electron chi connectivity index (χ3n) is 2.25. The van der Waals surface area contributed by atoms with Gasteiger partial charge in [-0.05, 0) is 18.2 Å². The highest BCUT2D eigenvalue weighted by atomic mass is 19.4. The van der Waals surface area contributed by atoms with Crippen LogP contribution >= 0.6 is 0 Å². The number of nitrogens with zero attached hydrogens (tertiary/aromatic N) is 3. The maximum absolute atomic E-state index is 12.4. The Morgan fingerprint density at radius 1 is 1.28 bits per heavy atom. The molecule has 0 aromatic carbocycles. The molecule has 0 bridgehead atoms. The topological polar surface area (TPSA) is 47.8 Å². The molecule has 0 saturated carbocycles. The van der Waals surface area contributed by atoms with Crippen LogP contribution in [0.2, 0.25) is 0 Å². The number of pyridine rings is 1. The summed E-state index contributed by atoms with van der Waals surface area (Å²) in [6.45, 7) is 1.36. The van der Waals surface area contributed by atoms with Crippen molar-refractivity contribution in [2.24, 2.45) is 0 Å². The maximum atomic E-state index is 12.4. The fraction of sp³-hybridized carbons (Fsp3) is 0.182. The van der Waals surface area contributed by atoms with E-state index in [0.29, 0.717) is 5.69 Å². The Morgan fingerprint density at radius 3 is 2.44 bits per heavy atom. The van der Waals surface area contributed by atoms with Crippen LogP contribution in [0.15, 0.2) is 30.6 Å². The summed E-state index contributed by atoms with van der Waals surface area (Å²) < 4.78 is 38.1. The van der Waals surface area contributed by atoms with E-state index in [-0.39, 0.29) is 11.5 Å². The molecular weight excluding hydrogens is 247 g/mol. The van der Waals surface area contributed by atoms with Gasteiger partial charge in [0.25, 0.3) is 0 Å². The smallest absolute Gasteiger partial charge is 0.293 e. The predicted octanol–water partition coefficient (Wildman–Crippen LogP) is 2.49. The quantitative estimate of drug-likeness (QED) is 0.774. The zero-order valence-corrected chi connectivity index (χ0v) is 9.27. The molecule has 0 aliphatic heterocycles. The Hall–Kier alpha value is -2.18. The molecule has 2 rings (SSSR count). The normalized spacial score (nSPS) is 11.6. The number of hydrogen-bond acceptors (Lipinski definition) is 3. The van der Waals surface area contributed by atoms with E-state index >= 15 is 0 Å². The van der Waals surface area contributed by atoms with Crippen LogP contribution in [-0.4, -0.2) is 20.5 Å². The van der Waals surface area contributed by atoms with E-state index in [1.165, 1.54) is 31.5 Å². The average Bonchev–Trinajstić information content (AvgIpc) is 2.78. The van der Waals surface area contributed by atoms with E-state index in [2.05, 4.69) is 10.1 Å². The van der Waals surface area contributed by atoms with Crippen molar-refractivity contribution in [2.75, 3.05) is 0 Å². The minimum absolute atomic E-state index is 0.210. The number of rotatable bonds is 2. The monoisotopic (exact) mass is 255 g/mol. The molecule has 2 heterocycles. The third kappa shape index (κ3) is 2.39. The molecule has 4 nitrogen and oxygen atoms in total. The van der Waals surface area contributed by atoms with Gasteiger partial charge in [0.1, 0.15) is 5.69 Å². The Kier molecular flexibility index (Phi) is 2.90. The predicted molar refractivity (Wildman–Crippen MR) is 56.4 cm³/mol. The second kappa shape index (κ2) is 4.25. The first-order valence-electron chi connectivity index (χ1n) is 4.98. The molecule has 2 aromatic heterocycles. The number of aromatic nitrogens is 3. The van der Waals surface area contributed by atoms with Crippen molar-refractivity contribution in [3.05, 3.63) is 42.0 Å². The van der Waals surface area contributed by atoms with E-state index in [1.54, 1.807) is 0 Å². The number of Topliss-reactive ketones (excluding diaryl/α,β-unsaturated/α-hetero) is 1. The van der Waals surface area contributed by atoms with Gasteiger partial charge in [0.15, 0.2) is 11.5 Å². The molecule has 0 aliphatic carbocycles. The highest BCUT2D eigenvalue weighted by Crippen LogP contribution is 2.27. The lowest BCUT2D eigenvalue weighted by Crippen LogP contribution is -2.07. The van der Waals surface area contributed by atoms with Crippen molar-refractivity contribution in [3.63, 3.8) is 0 Å². The summed E-state index contributed by atoms with van der Waals surface area (Å²) in [5.41, 5.74) is -0.365. The van der Waals surface area contributed by atoms with Gasteiger partial charge in [0.2, 0.25) is 0 Å². The molecule has 0 unspecified atom stereocenters. The number of hydrogen-bond donors (Lipinski definition) is 0. The number of carbonyl (C=O) groups excluding carboxylic acids is 1. The minimum Gasteiger partial charge on any atom is -0.293 e. The zero-order valence-electron chi connectivity index (χ0n) is 9.27. The highest BCUT2D eigenvalue weighted by Gasteiger charge is 2.33. The Morgan fingerprint density at radius 2 is 2.00 bits per heavy atom. The van der Waals surface area contributed by atoms with Crippen LogP contribution in [0.5, 0.6) is 0 Å². The Labute approximate surface area is 100 Å². The van der Waals surface area contributed by atoms with E-state index < -0.39 is 11.9 Å². The van der Waals surface area contributed by atoms with Crippen molar-refractivity contribution >= 4 is 5.78 Å². The first kappa shape index (κ1) is 12.3. The van der Waals surface area contributed by atoms with Gasteiger partial charge in [-0.3, -0.25) is 9.78 Å². The molecule has 0 radical (unpaired) electrons. The molecule has 94 valence electrons. The van der Waals surface area contributed by atoms with Gasteiger partial charge in [-0.1, -0.05) is 0 Å². The standard InChI is InChI=1S/C11H8F3N3O/c1-7(18)9-3-2-8(6-15-9)17-5-4-10(16-17)11(12,13)14/h2-6H,1H3. The Balaban J connectivity index is 2.32. The van der Waals surface area contributed by atoms with Crippen LogP contribution in [0.4, 0.5) is 13.2 Å². The summed E-state index contributed by atoms with van der Waals surface area (Å²) in [7, 11) is 0. The summed E-state index contributed by atoms with van der Waals surface area (Å²) in [6.07, 6.45) is -1.99. The summed E-state index contributed by atoms with van der Waals surface area (Å²) in [5, 5.41) is 3.39. The average molecular weight is 255 g/mol. The lowest BCUT2D eigenvalue weighted by molar-refractivity contribution is -0.141. The van der Waals surface area contributed by atoms with E-state index in [4.69, 9.17) is 0 Å². The number of halogens is 3. The van der Waals surface area contributed by atoms with Gasteiger partial charge in [-0.2, -0.15) is 18.3 Å². The van der Waals surface area contributed by atoms with Crippen molar-refractivity contribution in [2.45, 2.75) is 13.1 Å². The SMILES string of the molecule is CC(=O)c1ccc(-n2ccc(C(F)(F)F)n2)cn1. The summed E-state index contributed by atoms with van der Waals surface area (Å²) >= 11 is 0. The fourth-order valence-corrected chi connectivity index (χ4v) is 1.35. The van der Waals surface area contributed by atoms with Crippen LogP contribution in [-0.2, 0) is 6.18 Å². The number of alkyl halides is 3. The van der Waals surface area contributed by atoms with Crippen LogP contribution in [0.1, 0.15) is 23.1 Å². The van der Waals surface area contributed by atoms with Gasteiger partial charge in [-0.15, -0.1) is 0 Å². The molecule has 18 heavy (non-hydrogen) atoms. The number of ketones is 1. The minimum atomic E-state index is -4.47. The molecule has 0 fully saturated rings. The van der Waals surface area contributed by atoms with Crippen LogP contribution in [0, 0.1) is 0 Å².